The molecule has 0 radical (unpaired) electrons. The summed E-state index contributed by atoms with van der Waals surface area (Å²) in [5.41, 5.74) is -1.18. The lowest BCUT2D eigenvalue weighted by atomic mass is 9.93. The Bertz CT molecular complexity index is 368. The lowest BCUT2D eigenvalue weighted by Gasteiger charge is -2.26. The van der Waals surface area contributed by atoms with E-state index in [1.54, 1.807) is 13.8 Å². The average molecular weight is 213 g/mol. The quantitative estimate of drug-likeness (QED) is 0.802. The number of benzene rings is 1. The van der Waals surface area contributed by atoms with Crippen LogP contribution in [-0.2, 0) is 10.3 Å². The van der Waals surface area contributed by atoms with Gasteiger partial charge in [-0.05, 0) is 26.0 Å². The molecule has 0 spiro atoms. The molecule has 1 rings (SSSR count). The molecule has 1 N–H and O–H groups in total. The predicted molar refractivity (Wildman–Crippen MR) is 53.2 cm³/mol. The van der Waals surface area contributed by atoms with Crippen LogP contribution in [0.5, 0.6) is 0 Å². The number of carbonyl (C=O) groups is 1. The first-order valence-electron chi connectivity index (χ1n) is 4.58. The molecule has 1 amide bonds. The van der Waals surface area contributed by atoms with E-state index in [2.05, 4.69) is 5.32 Å². The fourth-order valence-corrected chi connectivity index (χ4v) is 1.60. The smallest absolute Gasteiger partial charge is 0.217 e. The van der Waals surface area contributed by atoms with Crippen LogP contribution in [0, 0.1) is 11.6 Å². The lowest BCUT2D eigenvalue weighted by Crippen LogP contribution is -2.41. The van der Waals surface area contributed by atoms with E-state index in [1.165, 1.54) is 25.1 Å². The van der Waals surface area contributed by atoms with Crippen LogP contribution in [0.4, 0.5) is 8.78 Å². The summed E-state index contributed by atoms with van der Waals surface area (Å²) in [4.78, 5) is 10.9. The molecule has 0 aliphatic carbocycles. The van der Waals surface area contributed by atoms with Gasteiger partial charge in [0.2, 0.25) is 5.91 Å². The van der Waals surface area contributed by atoms with E-state index in [1.807, 2.05) is 0 Å². The third kappa shape index (κ3) is 2.52. The van der Waals surface area contributed by atoms with Gasteiger partial charge in [0.05, 0.1) is 5.54 Å². The standard InChI is InChI=1S/C11H13F2NO/c1-7(15)14-11(2,3)10-8(12)5-4-6-9(10)13/h4-6H,1-3H3,(H,14,15). The minimum atomic E-state index is -1.05. The lowest BCUT2D eigenvalue weighted by molar-refractivity contribution is -0.120. The largest absolute Gasteiger partial charge is 0.347 e. The van der Waals surface area contributed by atoms with Crippen LogP contribution < -0.4 is 5.32 Å². The van der Waals surface area contributed by atoms with Gasteiger partial charge in [0.25, 0.3) is 0 Å². The zero-order valence-electron chi connectivity index (χ0n) is 8.90. The summed E-state index contributed by atoms with van der Waals surface area (Å²) in [7, 11) is 0. The second-order valence-corrected chi connectivity index (χ2v) is 3.90. The van der Waals surface area contributed by atoms with E-state index in [-0.39, 0.29) is 11.5 Å². The first kappa shape index (κ1) is 11.6. The minimum absolute atomic E-state index is 0.125. The number of nitrogens with one attached hydrogen (secondary N) is 1. The van der Waals surface area contributed by atoms with Gasteiger partial charge in [-0.1, -0.05) is 6.07 Å². The maximum Gasteiger partial charge on any atom is 0.217 e. The summed E-state index contributed by atoms with van der Waals surface area (Å²) in [5, 5.41) is 2.50. The Labute approximate surface area is 87.3 Å². The van der Waals surface area contributed by atoms with Gasteiger partial charge in [0, 0.05) is 12.5 Å². The molecule has 0 heterocycles. The molecule has 4 heteroatoms. The number of rotatable bonds is 2. The number of carbonyl (C=O) groups excluding carboxylic acids is 1. The van der Waals surface area contributed by atoms with E-state index in [9.17, 15) is 13.6 Å². The SMILES string of the molecule is CC(=O)NC(C)(C)c1c(F)cccc1F. The van der Waals surface area contributed by atoms with Crippen LogP contribution >= 0.6 is 0 Å². The Kier molecular flexibility index (Phi) is 3.07. The fraction of sp³-hybridized carbons (Fsp3) is 0.364. The highest BCUT2D eigenvalue weighted by Crippen LogP contribution is 2.25. The monoisotopic (exact) mass is 213 g/mol. The normalized spacial score (nSPS) is 11.3. The second kappa shape index (κ2) is 3.96. The second-order valence-electron chi connectivity index (χ2n) is 3.90. The summed E-state index contributed by atoms with van der Waals surface area (Å²) in [6, 6.07) is 3.63. The molecule has 0 unspecified atom stereocenters. The molecule has 0 saturated carbocycles. The Hall–Kier alpha value is -1.45. The third-order valence-electron chi connectivity index (χ3n) is 2.08. The number of hydrogen-bond donors (Lipinski definition) is 1. The molecule has 0 aromatic heterocycles. The van der Waals surface area contributed by atoms with Crippen LogP contribution in [0.1, 0.15) is 26.3 Å². The molecule has 2 nitrogen and oxygen atoms in total. The van der Waals surface area contributed by atoms with E-state index >= 15 is 0 Å². The minimum Gasteiger partial charge on any atom is -0.347 e. The Morgan fingerprint density at radius 2 is 1.73 bits per heavy atom. The van der Waals surface area contributed by atoms with Crippen molar-refractivity contribution in [2.45, 2.75) is 26.3 Å². The molecular weight excluding hydrogens is 200 g/mol. The van der Waals surface area contributed by atoms with Gasteiger partial charge in [-0.3, -0.25) is 4.79 Å². The first-order chi connectivity index (χ1) is 6.84. The van der Waals surface area contributed by atoms with Gasteiger partial charge in [-0.2, -0.15) is 0 Å². The van der Waals surface area contributed by atoms with E-state index in [4.69, 9.17) is 0 Å². The molecule has 0 bridgehead atoms. The van der Waals surface area contributed by atoms with Crippen molar-refractivity contribution in [2.24, 2.45) is 0 Å². The fourth-order valence-electron chi connectivity index (χ4n) is 1.60. The maximum absolute atomic E-state index is 13.4. The Balaban J connectivity index is 3.19. The topological polar surface area (TPSA) is 29.1 Å². The van der Waals surface area contributed by atoms with Crippen molar-refractivity contribution in [2.75, 3.05) is 0 Å². The molecular formula is C11H13F2NO. The van der Waals surface area contributed by atoms with Gasteiger partial charge in [-0.15, -0.1) is 0 Å². The van der Waals surface area contributed by atoms with Crippen molar-refractivity contribution in [3.05, 3.63) is 35.4 Å². The van der Waals surface area contributed by atoms with Crippen molar-refractivity contribution in [1.29, 1.82) is 0 Å². The van der Waals surface area contributed by atoms with Gasteiger partial charge >= 0.3 is 0 Å². The average Bonchev–Trinajstić information content (AvgIpc) is 1.99. The van der Waals surface area contributed by atoms with Crippen LogP contribution in [0.2, 0.25) is 0 Å². The summed E-state index contributed by atoms with van der Waals surface area (Å²) in [6.45, 7) is 4.41. The predicted octanol–water partition coefficient (Wildman–Crippen LogP) is 2.34. The van der Waals surface area contributed by atoms with Gasteiger partial charge in [0.1, 0.15) is 11.6 Å². The summed E-state index contributed by atoms with van der Waals surface area (Å²) in [5.74, 6) is -1.65. The molecule has 0 fully saturated rings. The van der Waals surface area contributed by atoms with Gasteiger partial charge in [0.15, 0.2) is 0 Å². The molecule has 1 aromatic carbocycles. The van der Waals surface area contributed by atoms with Crippen molar-refractivity contribution in [3.8, 4) is 0 Å². The number of hydrogen-bond acceptors (Lipinski definition) is 1. The van der Waals surface area contributed by atoms with Crippen molar-refractivity contribution in [3.63, 3.8) is 0 Å². The van der Waals surface area contributed by atoms with Crippen molar-refractivity contribution >= 4 is 5.91 Å². The van der Waals surface area contributed by atoms with Gasteiger partial charge in [-0.25, -0.2) is 8.78 Å². The number of amides is 1. The molecule has 0 aliphatic rings. The summed E-state index contributed by atoms with van der Waals surface area (Å²) >= 11 is 0. The Morgan fingerprint density at radius 3 is 2.13 bits per heavy atom. The highest BCUT2D eigenvalue weighted by molar-refractivity contribution is 5.74. The van der Waals surface area contributed by atoms with Crippen LogP contribution in [0.15, 0.2) is 18.2 Å². The molecule has 82 valence electrons. The van der Waals surface area contributed by atoms with Gasteiger partial charge < -0.3 is 5.32 Å². The van der Waals surface area contributed by atoms with Crippen molar-refractivity contribution < 1.29 is 13.6 Å². The molecule has 0 aliphatic heterocycles. The van der Waals surface area contributed by atoms with Crippen LogP contribution in [-0.4, -0.2) is 5.91 Å². The Morgan fingerprint density at radius 1 is 1.27 bits per heavy atom. The van der Waals surface area contributed by atoms with Crippen LogP contribution in [0.3, 0.4) is 0 Å². The molecule has 15 heavy (non-hydrogen) atoms. The van der Waals surface area contributed by atoms with E-state index in [0.717, 1.165) is 0 Å². The van der Waals surface area contributed by atoms with Crippen LogP contribution in [0.25, 0.3) is 0 Å². The maximum atomic E-state index is 13.4. The molecule has 0 atom stereocenters. The summed E-state index contributed by atoms with van der Waals surface area (Å²) in [6.07, 6.45) is 0. The van der Waals surface area contributed by atoms with Crippen molar-refractivity contribution in [1.82, 2.24) is 5.32 Å². The number of halogens is 2. The highest BCUT2D eigenvalue weighted by atomic mass is 19.1. The first-order valence-corrected chi connectivity index (χ1v) is 4.58. The highest BCUT2D eigenvalue weighted by Gasteiger charge is 2.28. The summed E-state index contributed by atoms with van der Waals surface area (Å²) < 4.78 is 26.8. The zero-order chi connectivity index (χ0) is 11.6. The van der Waals surface area contributed by atoms with E-state index < -0.39 is 17.2 Å². The third-order valence-corrected chi connectivity index (χ3v) is 2.08. The zero-order valence-corrected chi connectivity index (χ0v) is 8.90. The van der Waals surface area contributed by atoms with E-state index in [0.29, 0.717) is 0 Å². The molecule has 0 saturated heterocycles. The molecule has 1 aromatic rings.